The largest absolute Gasteiger partial charge is 0.416 e. The fourth-order valence-corrected chi connectivity index (χ4v) is 5.17. The molecule has 0 radical (unpaired) electrons. The van der Waals surface area contributed by atoms with Crippen molar-refractivity contribution in [3.05, 3.63) is 122 Å². The number of fused-ring (bicyclic) bond motifs is 2. The Morgan fingerprint density at radius 3 is 0.975 bits per heavy atom. The van der Waals surface area contributed by atoms with Gasteiger partial charge in [0.05, 0.1) is 55.8 Å². The van der Waals surface area contributed by atoms with Crippen LogP contribution in [0.4, 0.5) is 26.3 Å². The van der Waals surface area contributed by atoms with E-state index >= 15 is 0 Å². The summed E-state index contributed by atoms with van der Waals surface area (Å²) in [4.78, 5) is 52.7. The topological polar surface area (TPSA) is 78.1 Å². The summed E-state index contributed by atoms with van der Waals surface area (Å²) >= 11 is 12.7. The van der Waals surface area contributed by atoms with E-state index in [1.807, 2.05) is 0 Å². The summed E-state index contributed by atoms with van der Waals surface area (Å²) in [7, 11) is 0. The highest BCUT2D eigenvalue weighted by atomic mass is 35.5. The van der Waals surface area contributed by atoms with Crippen LogP contribution in [0.3, 0.4) is 0 Å². The van der Waals surface area contributed by atoms with Crippen molar-refractivity contribution in [3.8, 4) is 0 Å². The molecule has 206 valence electrons. The maximum absolute atomic E-state index is 13.2. The van der Waals surface area contributed by atoms with Gasteiger partial charge >= 0.3 is 12.4 Å². The van der Waals surface area contributed by atoms with E-state index in [-0.39, 0.29) is 11.1 Å². The van der Waals surface area contributed by atoms with Crippen LogP contribution < -0.4 is 22.2 Å². The molecule has 0 atom stereocenters. The molecule has 5 aromatic rings. The number of halogens is 8. The molecule has 0 aliphatic carbocycles. The Morgan fingerprint density at radius 2 is 0.750 bits per heavy atom. The van der Waals surface area contributed by atoms with Crippen LogP contribution in [0.25, 0.3) is 21.5 Å². The predicted octanol–water partition coefficient (Wildman–Crippen LogP) is 5.35. The molecule has 40 heavy (non-hydrogen) atoms. The Hall–Kier alpha value is -3.90. The van der Waals surface area contributed by atoms with Crippen LogP contribution in [0, 0.1) is 0 Å². The van der Waals surface area contributed by atoms with Gasteiger partial charge in [0.15, 0.2) is 0 Å². The molecular weight excluding hydrogens is 589 g/mol. The fourth-order valence-electron chi connectivity index (χ4n) is 4.47. The van der Waals surface area contributed by atoms with E-state index in [0.717, 1.165) is 48.5 Å². The normalized spacial score (nSPS) is 12.6. The predicted molar refractivity (Wildman–Crippen MR) is 136 cm³/mol. The molecule has 3 aromatic carbocycles. The van der Waals surface area contributed by atoms with Gasteiger partial charge in [0.25, 0.3) is 22.2 Å². The molecule has 0 N–H and O–H groups in total. The Labute approximate surface area is 227 Å². The number of hydrogen-bond acceptors (Lipinski definition) is 4. The summed E-state index contributed by atoms with van der Waals surface area (Å²) in [6.07, 6.45) is -9.18. The average Bonchev–Trinajstić information content (AvgIpc) is 3.28. The molecule has 0 amide bonds. The standard InChI is InChI=1S/C26H12Cl2F6N2O4/c27-19-15-16(22(38)35(21(15)37)9-11-1-5-13(6-2-11)25(29,30)31)20(28)18-17(19)23(39)36(24(18)40)10-12-3-7-14(8-4-12)26(32,33)34/h1-8H,9-10H2. The van der Waals surface area contributed by atoms with Gasteiger partial charge in [0.1, 0.15) is 0 Å². The van der Waals surface area contributed by atoms with Crippen molar-refractivity contribution in [1.82, 2.24) is 9.13 Å². The lowest BCUT2D eigenvalue weighted by Crippen LogP contribution is -2.26. The second-order valence-electron chi connectivity index (χ2n) is 8.91. The first-order valence-electron chi connectivity index (χ1n) is 11.2. The van der Waals surface area contributed by atoms with Gasteiger partial charge in [-0.1, -0.05) is 47.5 Å². The van der Waals surface area contributed by atoms with Gasteiger partial charge in [-0.2, -0.15) is 26.3 Å². The highest BCUT2D eigenvalue weighted by molar-refractivity contribution is 6.47. The van der Waals surface area contributed by atoms with Crippen molar-refractivity contribution in [2.75, 3.05) is 0 Å². The molecule has 0 saturated heterocycles. The van der Waals surface area contributed by atoms with E-state index in [9.17, 15) is 45.5 Å². The van der Waals surface area contributed by atoms with E-state index in [1.54, 1.807) is 0 Å². The van der Waals surface area contributed by atoms with Crippen LogP contribution in [0.2, 0.25) is 10.0 Å². The van der Waals surface area contributed by atoms with Crippen LogP contribution in [-0.2, 0) is 25.4 Å². The van der Waals surface area contributed by atoms with Crippen molar-refractivity contribution in [2.45, 2.75) is 25.4 Å². The maximum atomic E-state index is 13.2. The molecule has 2 heterocycles. The Morgan fingerprint density at radius 1 is 0.500 bits per heavy atom. The van der Waals surface area contributed by atoms with Gasteiger partial charge in [0.2, 0.25) is 0 Å². The third kappa shape index (κ3) is 4.40. The number of rotatable bonds is 4. The molecule has 0 saturated carbocycles. The summed E-state index contributed by atoms with van der Waals surface area (Å²) in [6, 6.07) is 7.47. The minimum Gasteiger partial charge on any atom is -0.270 e. The van der Waals surface area contributed by atoms with Crippen molar-refractivity contribution in [1.29, 1.82) is 0 Å². The van der Waals surface area contributed by atoms with Gasteiger partial charge in [0, 0.05) is 0 Å². The lowest BCUT2D eigenvalue weighted by atomic mass is 10.1. The quantitative estimate of drug-likeness (QED) is 0.260. The lowest BCUT2D eigenvalue weighted by molar-refractivity contribution is -0.138. The highest BCUT2D eigenvalue weighted by Gasteiger charge is 2.32. The first kappa shape index (κ1) is 27.7. The Kier molecular flexibility index (Phi) is 6.46. The van der Waals surface area contributed by atoms with Crippen molar-refractivity contribution in [3.63, 3.8) is 0 Å². The smallest absolute Gasteiger partial charge is 0.270 e. The van der Waals surface area contributed by atoms with Gasteiger partial charge in [-0.25, -0.2) is 0 Å². The van der Waals surface area contributed by atoms with Crippen molar-refractivity contribution in [2.24, 2.45) is 0 Å². The van der Waals surface area contributed by atoms with Gasteiger partial charge in [-0.3, -0.25) is 28.3 Å². The maximum Gasteiger partial charge on any atom is 0.416 e. The van der Waals surface area contributed by atoms with Crippen LogP contribution in [0.1, 0.15) is 22.3 Å². The lowest BCUT2D eigenvalue weighted by Gasteiger charge is -2.07. The number of benzene rings is 3. The minimum absolute atomic E-state index is 0.178. The number of alkyl halides is 6. The third-order valence-electron chi connectivity index (χ3n) is 6.46. The molecule has 0 fully saturated rings. The molecule has 5 rings (SSSR count). The van der Waals surface area contributed by atoms with Crippen molar-refractivity contribution >= 4 is 44.7 Å². The summed E-state index contributed by atoms with van der Waals surface area (Å²) in [5.41, 5.74) is -5.41. The van der Waals surface area contributed by atoms with Crippen LogP contribution >= 0.6 is 23.2 Å². The van der Waals surface area contributed by atoms with Gasteiger partial charge < -0.3 is 0 Å². The second-order valence-corrected chi connectivity index (χ2v) is 9.67. The van der Waals surface area contributed by atoms with Crippen LogP contribution in [-0.4, -0.2) is 9.13 Å². The molecule has 6 nitrogen and oxygen atoms in total. The molecule has 14 heteroatoms. The highest BCUT2D eigenvalue weighted by Crippen LogP contribution is 2.34. The second kappa shape index (κ2) is 9.34. The van der Waals surface area contributed by atoms with E-state index in [4.69, 9.17) is 23.2 Å². The molecule has 2 aromatic heterocycles. The van der Waals surface area contributed by atoms with E-state index in [2.05, 4.69) is 0 Å². The summed E-state index contributed by atoms with van der Waals surface area (Å²) in [5, 5.41) is -2.81. The van der Waals surface area contributed by atoms with Crippen LogP contribution in [0.15, 0.2) is 67.7 Å². The molecule has 0 aliphatic heterocycles. The van der Waals surface area contributed by atoms with Gasteiger partial charge in [-0.15, -0.1) is 0 Å². The zero-order chi connectivity index (χ0) is 29.3. The zero-order valence-corrected chi connectivity index (χ0v) is 21.1. The summed E-state index contributed by atoms with van der Waals surface area (Å²) in [5.74, 6) is 0. The molecule has 0 spiro atoms. The molecular formula is C26H12Cl2F6N2O4. The van der Waals surface area contributed by atoms with Crippen molar-refractivity contribution < 1.29 is 26.3 Å². The van der Waals surface area contributed by atoms with Crippen LogP contribution in [0.5, 0.6) is 0 Å². The fraction of sp³-hybridized carbons (Fsp3) is 0.154. The Balaban J connectivity index is 1.63. The number of aromatic nitrogens is 2. The summed E-state index contributed by atoms with van der Waals surface area (Å²) < 4.78 is 78.5. The third-order valence-corrected chi connectivity index (χ3v) is 7.21. The summed E-state index contributed by atoms with van der Waals surface area (Å²) in [6.45, 7) is -0.881. The number of nitrogens with zero attached hydrogens (tertiary/aromatic N) is 2. The first-order chi connectivity index (χ1) is 18.6. The molecule has 0 unspecified atom stereocenters. The molecule has 0 aliphatic rings. The van der Waals surface area contributed by atoms with E-state index in [0.29, 0.717) is 9.13 Å². The minimum atomic E-state index is -4.59. The molecule has 0 bridgehead atoms. The first-order valence-corrected chi connectivity index (χ1v) is 12.0. The SMILES string of the molecule is O=c1c2c(Cl)c3c(=O)n(Cc4ccc(C(F)(F)F)cc4)c(=O)c3c(Cl)c2c(=O)n1Cc1ccc(C(F)(F)F)cc1. The van der Waals surface area contributed by atoms with Gasteiger partial charge in [-0.05, 0) is 35.4 Å². The monoisotopic (exact) mass is 600 g/mol. The Bertz CT molecular complexity index is 1790. The van der Waals surface area contributed by atoms with E-state index < -0.39 is 90.4 Å². The average molecular weight is 601 g/mol. The number of hydrogen-bond donors (Lipinski definition) is 0. The van der Waals surface area contributed by atoms with E-state index in [1.165, 1.54) is 0 Å². The zero-order valence-electron chi connectivity index (χ0n) is 19.6.